The fraction of sp³-hybridized carbons (Fsp3) is 0.286. The second kappa shape index (κ2) is 11.5. The molecule has 170 valence electrons. The van der Waals surface area contributed by atoms with Gasteiger partial charge in [0, 0.05) is 56.4 Å². The van der Waals surface area contributed by atoms with Crippen LogP contribution >= 0.6 is 7.82 Å². The summed E-state index contributed by atoms with van der Waals surface area (Å²) < 4.78 is 30.6. The molecule has 0 radical (unpaired) electrons. The number of hydrogen-bond donors (Lipinski definition) is 3. The largest absolute Gasteiger partial charge is 0.475 e. The molecule has 0 saturated carbocycles. The summed E-state index contributed by atoms with van der Waals surface area (Å²) in [6.07, 6.45) is 4.97. The number of pyridine rings is 3. The van der Waals surface area contributed by atoms with Gasteiger partial charge in [0.1, 0.15) is 17.5 Å². The predicted molar refractivity (Wildman–Crippen MR) is 123 cm³/mol. The van der Waals surface area contributed by atoms with Gasteiger partial charge in [-0.3, -0.25) is 13.6 Å². The predicted octanol–water partition coefficient (Wildman–Crippen LogP) is 4.06. The second-order valence-corrected chi connectivity index (χ2v) is 8.22. The fourth-order valence-corrected chi connectivity index (χ4v) is 4.01. The number of aromatic nitrogens is 3. The zero-order valence-corrected chi connectivity index (χ0v) is 19.1. The van der Waals surface area contributed by atoms with Crippen molar-refractivity contribution in [3.05, 3.63) is 71.7 Å². The third-order valence-corrected chi connectivity index (χ3v) is 5.85. The number of rotatable bonds is 12. The molecule has 0 atom stereocenters. The van der Waals surface area contributed by atoms with Crippen molar-refractivity contribution in [1.29, 1.82) is 0 Å². The fourth-order valence-electron chi connectivity index (χ4n) is 2.90. The first-order valence-corrected chi connectivity index (χ1v) is 11.4. The van der Waals surface area contributed by atoms with Gasteiger partial charge in [0.15, 0.2) is 0 Å². The van der Waals surface area contributed by atoms with Crippen LogP contribution in [0, 0.1) is 0 Å². The highest BCUT2D eigenvalue weighted by atomic mass is 31.2. The maximum atomic E-state index is 13.5. The molecule has 3 aromatic heterocycles. The molecule has 0 bridgehead atoms. The van der Waals surface area contributed by atoms with Crippen molar-refractivity contribution in [2.45, 2.75) is 19.8 Å². The number of phosphoric ester groups is 1. The Kier molecular flexibility index (Phi) is 8.52. The van der Waals surface area contributed by atoms with E-state index in [4.69, 9.17) is 13.6 Å². The van der Waals surface area contributed by atoms with Crippen LogP contribution in [0.3, 0.4) is 0 Å². The summed E-state index contributed by atoms with van der Waals surface area (Å²) in [5.41, 5.74) is 2.16. The Balaban J connectivity index is 1.77. The summed E-state index contributed by atoms with van der Waals surface area (Å²) in [5, 5.41) is 8.95. The van der Waals surface area contributed by atoms with Crippen molar-refractivity contribution >= 4 is 25.3 Å². The number of anilines is 3. The van der Waals surface area contributed by atoms with Gasteiger partial charge in [0.25, 0.3) is 0 Å². The van der Waals surface area contributed by atoms with Crippen LogP contribution in [0.4, 0.5) is 17.5 Å². The molecule has 3 rings (SSSR count). The van der Waals surface area contributed by atoms with Crippen LogP contribution in [-0.4, -0.2) is 36.1 Å². The number of nitrogens with zero attached hydrogens (tertiary/aromatic N) is 3. The van der Waals surface area contributed by atoms with Gasteiger partial charge in [-0.25, -0.2) is 19.5 Å². The lowest BCUT2D eigenvalue weighted by atomic mass is 10.3. The molecule has 0 unspecified atom stereocenters. The topological polar surface area (TPSA) is 120 Å². The van der Waals surface area contributed by atoms with E-state index in [-0.39, 0.29) is 19.8 Å². The summed E-state index contributed by atoms with van der Waals surface area (Å²) in [7, 11) is 1.28. The number of hydrogen-bond acceptors (Lipinski definition) is 10. The second-order valence-electron chi connectivity index (χ2n) is 6.55. The van der Waals surface area contributed by atoms with Gasteiger partial charge < -0.3 is 16.0 Å². The van der Waals surface area contributed by atoms with Crippen molar-refractivity contribution < 1.29 is 18.1 Å². The van der Waals surface area contributed by atoms with Crippen LogP contribution in [0.15, 0.2) is 55.0 Å². The first-order valence-electron chi connectivity index (χ1n) is 9.97. The van der Waals surface area contributed by atoms with Gasteiger partial charge in [0.05, 0.1) is 19.8 Å². The third-order valence-electron chi connectivity index (χ3n) is 4.52. The zero-order chi connectivity index (χ0) is 22.8. The van der Waals surface area contributed by atoms with E-state index in [1.807, 2.05) is 18.2 Å². The molecular formula is C21H27N6O4P. The molecule has 0 fully saturated rings. The van der Waals surface area contributed by atoms with Crippen molar-refractivity contribution in [3.8, 4) is 0 Å². The molecule has 0 aliphatic rings. The summed E-state index contributed by atoms with van der Waals surface area (Å²) in [4.78, 5) is 12.7. The molecule has 0 amide bonds. The maximum Gasteiger partial charge on any atom is 0.475 e. The Labute approximate surface area is 187 Å². The summed E-state index contributed by atoms with van der Waals surface area (Å²) in [6, 6.07) is 10.8. The summed E-state index contributed by atoms with van der Waals surface area (Å²) in [6.45, 7) is -0.0442. The standard InChI is InChI=1S/C21H27N6O4P/c1-22-19-16(7-4-10-25-19)13-29-32(28,30-14-17-8-5-11-26-20(17)23-2)31-15-18-9-6-12-27-21(18)24-3/h4-12H,13-15H2,1-3H3,(H,22,25)(H,23,26)(H,24,27). The molecule has 0 aromatic carbocycles. The van der Waals surface area contributed by atoms with Crippen LogP contribution in [-0.2, 0) is 38.0 Å². The molecule has 32 heavy (non-hydrogen) atoms. The number of nitrogens with one attached hydrogen (secondary N) is 3. The quantitative estimate of drug-likeness (QED) is 0.343. The van der Waals surface area contributed by atoms with Crippen molar-refractivity contribution in [1.82, 2.24) is 15.0 Å². The molecule has 0 aliphatic carbocycles. The van der Waals surface area contributed by atoms with Crippen LogP contribution in [0.2, 0.25) is 0 Å². The molecule has 11 heteroatoms. The molecule has 3 aromatic rings. The van der Waals surface area contributed by atoms with E-state index in [2.05, 4.69) is 30.9 Å². The molecule has 3 heterocycles. The average Bonchev–Trinajstić information content (AvgIpc) is 2.85. The summed E-state index contributed by atoms with van der Waals surface area (Å²) in [5.74, 6) is 1.86. The Hall–Kier alpha value is -3.04. The zero-order valence-electron chi connectivity index (χ0n) is 18.2. The maximum absolute atomic E-state index is 13.5. The van der Waals surface area contributed by atoms with Gasteiger partial charge in [-0.2, -0.15) is 0 Å². The third kappa shape index (κ3) is 6.24. The van der Waals surface area contributed by atoms with Crippen molar-refractivity contribution in [2.75, 3.05) is 37.1 Å². The van der Waals surface area contributed by atoms with Crippen LogP contribution in [0.25, 0.3) is 0 Å². The highest BCUT2D eigenvalue weighted by molar-refractivity contribution is 7.48. The van der Waals surface area contributed by atoms with Gasteiger partial charge >= 0.3 is 7.82 Å². The highest BCUT2D eigenvalue weighted by Crippen LogP contribution is 2.52. The SMILES string of the molecule is CNc1ncccc1COP(=O)(OCc1cccnc1NC)OCc1cccnc1NC. The summed E-state index contributed by atoms with van der Waals surface area (Å²) >= 11 is 0. The van der Waals surface area contributed by atoms with Crippen LogP contribution < -0.4 is 16.0 Å². The molecule has 0 saturated heterocycles. The smallest absolute Gasteiger partial charge is 0.373 e. The lowest BCUT2D eigenvalue weighted by Crippen LogP contribution is -2.06. The van der Waals surface area contributed by atoms with Gasteiger partial charge in [-0.05, 0) is 18.2 Å². The van der Waals surface area contributed by atoms with E-state index in [0.29, 0.717) is 17.5 Å². The van der Waals surface area contributed by atoms with E-state index in [1.54, 1.807) is 57.9 Å². The first-order chi connectivity index (χ1) is 15.6. The molecule has 0 spiro atoms. The Morgan fingerprint density at radius 3 is 1.25 bits per heavy atom. The number of phosphoric acid groups is 1. The van der Waals surface area contributed by atoms with E-state index in [9.17, 15) is 4.57 Å². The van der Waals surface area contributed by atoms with E-state index in [1.165, 1.54) is 0 Å². The minimum atomic E-state index is -3.97. The van der Waals surface area contributed by atoms with E-state index in [0.717, 1.165) is 16.7 Å². The van der Waals surface area contributed by atoms with Crippen molar-refractivity contribution in [2.24, 2.45) is 0 Å². The minimum Gasteiger partial charge on any atom is -0.373 e. The first kappa shape index (κ1) is 23.6. The van der Waals surface area contributed by atoms with E-state index < -0.39 is 7.82 Å². The van der Waals surface area contributed by atoms with Crippen molar-refractivity contribution in [3.63, 3.8) is 0 Å². The molecule has 0 aliphatic heterocycles. The van der Waals surface area contributed by atoms with Gasteiger partial charge in [-0.1, -0.05) is 18.2 Å². The average molecular weight is 458 g/mol. The minimum absolute atomic E-state index is 0.0147. The lowest BCUT2D eigenvalue weighted by molar-refractivity contribution is 0.0981. The van der Waals surface area contributed by atoms with Crippen LogP contribution in [0.1, 0.15) is 16.7 Å². The van der Waals surface area contributed by atoms with E-state index >= 15 is 0 Å². The Morgan fingerprint density at radius 2 is 0.969 bits per heavy atom. The van der Waals surface area contributed by atoms with Crippen LogP contribution in [0.5, 0.6) is 0 Å². The molecule has 3 N–H and O–H groups in total. The monoisotopic (exact) mass is 458 g/mol. The normalized spacial score (nSPS) is 11.2. The molecule has 10 nitrogen and oxygen atoms in total. The van der Waals surface area contributed by atoms with Gasteiger partial charge in [0.2, 0.25) is 0 Å². The Bertz CT molecular complexity index is 936. The Morgan fingerprint density at radius 1 is 0.656 bits per heavy atom. The highest BCUT2D eigenvalue weighted by Gasteiger charge is 2.28. The lowest BCUT2D eigenvalue weighted by Gasteiger charge is -2.20. The van der Waals surface area contributed by atoms with Gasteiger partial charge in [-0.15, -0.1) is 0 Å². The molecular weight excluding hydrogens is 431 g/mol.